The highest BCUT2D eigenvalue weighted by Gasteiger charge is 2.28. The van der Waals surface area contributed by atoms with Crippen molar-refractivity contribution in [3.63, 3.8) is 0 Å². The Morgan fingerprint density at radius 1 is 1.25 bits per heavy atom. The Hall–Kier alpha value is -1.73. The molecule has 5 nitrogen and oxygen atoms in total. The molecule has 88 valence electrons. The zero-order chi connectivity index (χ0) is 12.5. The summed E-state index contributed by atoms with van der Waals surface area (Å²) >= 11 is 0. The van der Waals surface area contributed by atoms with E-state index in [0.717, 1.165) is 12.1 Å². The van der Waals surface area contributed by atoms with E-state index in [1.54, 1.807) is 0 Å². The van der Waals surface area contributed by atoms with Gasteiger partial charge >= 0.3 is 0 Å². The number of aliphatic hydroxyl groups excluding tert-OH is 2. The number of benzene rings is 1. The fraction of sp³-hybridized carbons (Fsp3) is 0.222. The van der Waals surface area contributed by atoms with Crippen LogP contribution in [-0.2, 0) is 4.79 Å². The lowest BCUT2D eigenvalue weighted by Crippen LogP contribution is -2.34. The van der Waals surface area contributed by atoms with Crippen LogP contribution >= 0.6 is 0 Å². The highest BCUT2D eigenvalue weighted by Crippen LogP contribution is 2.27. The van der Waals surface area contributed by atoms with Gasteiger partial charge in [0.15, 0.2) is 17.7 Å². The van der Waals surface area contributed by atoms with E-state index in [0.29, 0.717) is 0 Å². The van der Waals surface area contributed by atoms with E-state index in [4.69, 9.17) is 10.2 Å². The van der Waals surface area contributed by atoms with Gasteiger partial charge in [0.2, 0.25) is 11.7 Å². The highest BCUT2D eigenvalue weighted by atomic mass is 19.2. The number of phenolic OH excluding ortho intramolecular Hbond substituents is 1. The van der Waals surface area contributed by atoms with Crippen LogP contribution in [0, 0.1) is 11.6 Å². The number of carbonyl (C=O) groups excluding carboxylic acids is 1. The normalized spacial score (nSPS) is 14.5. The summed E-state index contributed by atoms with van der Waals surface area (Å²) in [5, 5.41) is 27.2. The summed E-state index contributed by atoms with van der Waals surface area (Å²) in [6, 6.07) is 1.62. The number of halogens is 2. The Morgan fingerprint density at radius 3 is 2.31 bits per heavy atom. The van der Waals surface area contributed by atoms with Crippen LogP contribution in [-0.4, -0.2) is 27.3 Å². The molecule has 0 heterocycles. The van der Waals surface area contributed by atoms with E-state index in [1.165, 1.54) is 0 Å². The molecule has 5 N–H and O–H groups in total. The van der Waals surface area contributed by atoms with Gasteiger partial charge in [0.25, 0.3) is 0 Å². The van der Waals surface area contributed by atoms with Crippen LogP contribution in [0.15, 0.2) is 12.1 Å². The molecule has 1 rings (SSSR count). The van der Waals surface area contributed by atoms with Crippen LogP contribution in [0.1, 0.15) is 11.7 Å². The van der Waals surface area contributed by atoms with Gasteiger partial charge in [-0.05, 0) is 12.1 Å². The van der Waals surface area contributed by atoms with E-state index >= 15 is 0 Å². The van der Waals surface area contributed by atoms with Gasteiger partial charge in [-0.15, -0.1) is 0 Å². The molecule has 0 aliphatic rings. The van der Waals surface area contributed by atoms with Crippen molar-refractivity contribution in [2.45, 2.75) is 12.2 Å². The van der Waals surface area contributed by atoms with Crippen LogP contribution in [0.5, 0.6) is 5.75 Å². The Balaban J connectivity index is 3.14. The quantitative estimate of drug-likeness (QED) is 0.567. The molecule has 1 aromatic rings. The van der Waals surface area contributed by atoms with E-state index in [-0.39, 0.29) is 0 Å². The van der Waals surface area contributed by atoms with Crippen molar-refractivity contribution in [1.29, 1.82) is 0 Å². The predicted octanol–water partition coefficient (Wildman–Crippen LogP) is -0.450. The molecule has 0 fully saturated rings. The molecule has 0 saturated heterocycles. The van der Waals surface area contributed by atoms with Gasteiger partial charge in [-0.3, -0.25) is 4.79 Å². The number of aromatic hydroxyl groups is 1. The molecule has 2 unspecified atom stereocenters. The fourth-order valence-electron chi connectivity index (χ4n) is 1.11. The molecule has 0 spiro atoms. The number of hydrogen-bond acceptors (Lipinski definition) is 4. The summed E-state index contributed by atoms with van der Waals surface area (Å²) in [4.78, 5) is 10.5. The standard InChI is InChI=1S/C9H9F2NO4/c10-5-3(1-2-4(13)6(5)11)7(14)8(15)9(12)16/h1-2,7-8,13-15H,(H2,12,16). The third-order valence-electron chi connectivity index (χ3n) is 2.00. The SMILES string of the molecule is NC(=O)C(O)C(O)c1ccc(O)c(F)c1F. The third-order valence-corrected chi connectivity index (χ3v) is 2.00. The van der Waals surface area contributed by atoms with E-state index < -0.39 is 41.1 Å². The van der Waals surface area contributed by atoms with Crippen molar-refractivity contribution in [2.24, 2.45) is 5.73 Å². The first-order valence-electron chi connectivity index (χ1n) is 4.18. The van der Waals surface area contributed by atoms with Crippen molar-refractivity contribution in [2.75, 3.05) is 0 Å². The molecule has 7 heteroatoms. The smallest absolute Gasteiger partial charge is 0.249 e. The van der Waals surface area contributed by atoms with Gasteiger partial charge < -0.3 is 21.1 Å². The summed E-state index contributed by atoms with van der Waals surface area (Å²) in [6.45, 7) is 0. The van der Waals surface area contributed by atoms with Gasteiger partial charge in [-0.1, -0.05) is 0 Å². The molecule has 16 heavy (non-hydrogen) atoms. The molecule has 0 bridgehead atoms. The third kappa shape index (κ3) is 2.10. The maximum absolute atomic E-state index is 13.2. The Kier molecular flexibility index (Phi) is 3.41. The monoisotopic (exact) mass is 233 g/mol. The zero-order valence-electron chi connectivity index (χ0n) is 7.89. The maximum atomic E-state index is 13.2. The Morgan fingerprint density at radius 2 is 1.81 bits per heavy atom. The lowest BCUT2D eigenvalue weighted by Gasteiger charge is -2.16. The summed E-state index contributed by atoms with van der Waals surface area (Å²) in [5.41, 5.74) is 4.01. The van der Waals surface area contributed by atoms with Crippen molar-refractivity contribution < 1.29 is 28.9 Å². The molecule has 2 atom stereocenters. The van der Waals surface area contributed by atoms with Gasteiger partial charge in [-0.2, -0.15) is 4.39 Å². The lowest BCUT2D eigenvalue weighted by atomic mass is 10.0. The number of carbonyl (C=O) groups is 1. The van der Waals surface area contributed by atoms with Gasteiger partial charge in [0, 0.05) is 5.56 Å². The second kappa shape index (κ2) is 4.42. The van der Waals surface area contributed by atoms with Gasteiger partial charge in [0.1, 0.15) is 6.10 Å². The molecular formula is C9H9F2NO4. The van der Waals surface area contributed by atoms with Crippen LogP contribution in [0.3, 0.4) is 0 Å². The molecular weight excluding hydrogens is 224 g/mol. The second-order valence-electron chi connectivity index (χ2n) is 3.09. The van der Waals surface area contributed by atoms with Crippen molar-refractivity contribution in [3.8, 4) is 5.75 Å². The predicted molar refractivity (Wildman–Crippen MR) is 48.2 cm³/mol. The summed E-state index contributed by atoms with van der Waals surface area (Å²) in [7, 11) is 0. The molecule has 0 radical (unpaired) electrons. The minimum absolute atomic E-state index is 0.665. The molecule has 0 aliphatic carbocycles. The van der Waals surface area contributed by atoms with E-state index in [1.807, 2.05) is 0 Å². The first-order valence-corrected chi connectivity index (χ1v) is 4.18. The minimum Gasteiger partial charge on any atom is -0.505 e. The maximum Gasteiger partial charge on any atom is 0.249 e. The number of hydrogen-bond donors (Lipinski definition) is 4. The number of nitrogens with two attached hydrogens (primary N) is 1. The number of primary amides is 1. The highest BCUT2D eigenvalue weighted by molar-refractivity contribution is 5.79. The first-order chi connectivity index (χ1) is 7.36. The fourth-order valence-corrected chi connectivity index (χ4v) is 1.11. The Labute approximate surface area is 88.7 Å². The van der Waals surface area contributed by atoms with Crippen LogP contribution in [0.2, 0.25) is 0 Å². The largest absolute Gasteiger partial charge is 0.505 e. The number of phenols is 1. The topological polar surface area (TPSA) is 104 Å². The first kappa shape index (κ1) is 12.3. The average molecular weight is 233 g/mol. The number of rotatable bonds is 3. The van der Waals surface area contributed by atoms with Crippen molar-refractivity contribution in [1.82, 2.24) is 0 Å². The van der Waals surface area contributed by atoms with Gasteiger partial charge in [-0.25, -0.2) is 4.39 Å². The zero-order valence-corrected chi connectivity index (χ0v) is 7.89. The van der Waals surface area contributed by atoms with Crippen LogP contribution in [0.25, 0.3) is 0 Å². The summed E-state index contributed by atoms with van der Waals surface area (Å²) in [5.74, 6) is -5.34. The molecule has 1 amide bonds. The second-order valence-corrected chi connectivity index (χ2v) is 3.09. The van der Waals surface area contributed by atoms with Gasteiger partial charge in [0.05, 0.1) is 0 Å². The molecule has 0 aliphatic heterocycles. The van der Waals surface area contributed by atoms with E-state index in [9.17, 15) is 18.7 Å². The Bertz CT molecular complexity index is 424. The van der Waals surface area contributed by atoms with Crippen molar-refractivity contribution in [3.05, 3.63) is 29.3 Å². The molecule has 1 aromatic carbocycles. The molecule has 0 aromatic heterocycles. The number of aliphatic hydroxyl groups is 2. The average Bonchev–Trinajstić information content (AvgIpc) is 2.24. The van der Waals surface area contributed by atoms with Crippen LogP contribution < -0.4 is 5.73 Å². The van der Waals surface area contributed by atoms with Crippen molar-refractivity contribution >= 4 is 5.91 Å². The summed E-state index contributed by atoms with van der Waals surface area (Å²) in [6.07, 6.45) is -4.05. The van der Waals surface area contributed by atoms with E-state index in [2.05, 4.69) is 5.73 Å². The minimum atomic E-state index is -2.06. The lowest BCUT2D eigenvalue weighted by molar-refractivity contribution is -0.132. The number of amides is 1. The summed E-state index contributed by atoms with van der Waals surface area (Å²) < 4.78 is 26.1. The molecule has 0 saturated carbocycles. The van der Waals surface area contributed by atoms with Crippen LogP contribution in [0.4, 0.5) is 8.78 Å².